The van der Waals surface area contributed by atoms with Crippen molar-refractivity contribution < 1.29 is 9.59 Å². The Hall–Kier alpha value is -2.24. The number of hydrogen-bond acceptors (Lipinski definition) is 3. The van der Waals surface area contributed by atoms with Gasteiger partial charge in [-0.2, -0.15) is 0 Å². The summed E-state index contributed by atoms with van der Waals surface area (Å²) >= 11 is 0. The molecule has 0 radical (unpaired) electrons. The highest BCUT2D eigenvalue weighted by Crippen LogP contribution is 2.18. The van der Waals surface area contributed by atoms with E-state index in [1.807, 2.05) is 36.1 Å². The summed E-state index contributed by atoms with van der Waals surface area (Å²) in [6, 6.07) is 7.25. The van der Waals surface area contributed by atoms with Crippen LogP contribution < -0.4 is 20.9 Å². The number of urea groups is 1. The van der Waals surface area contributed by atoms with E-state index in [0.29, 0.717) is 19.6 Å². The van der Waals surface area contributed by atoms with Gasteiger partial charge in [0.1, 0.15) is 0 Å². The maximum Gasteiger partial charge on any atom is 0.319 e. The van der Waals surface area contributed by atoms with Gasteiger partial charge >= 0.3 is 6.03 Å². The molecule has 0 aliphatic carbocycles. The Morgan fingerprint density at radius 1 is 1.37 bits per heavy atom. The lowest BCUT2D eigenvalue weighted by Gasteiger charge is -2.28. The predicted molar refractivity (Wildman–Crippen MR) is 74.4 cm³/mol. The van der Waals surface area contributed by atoms with E-state index >= 15 is 0 Å². The molecule has 0 unspecified atom stereocenters. The molecule has 19 heavy (non-hydrogen) atoms. The Morgan fingerprint density at radius 2 is 2.11 bits per heavy atom. The van der Waals surface area contributed by atoms with Crippen LogP contribution in [0.2, 0.25) is 0 Å². The molecular formula is C13H18N4O2. The molecule has 0 aromatic heterocycles. The van der Waals surface area contributed by atoms with Crippen LogP contribution in [0.15, 0.2) is 24.3 Å². The highest BCUT2D eigenvalue weighted by Gasteiger charge is 2.16. The van der Waals surface area contributed by atoms with E-state index in [9.17, 15) is 9.59 Å². The van der Waals surface area contributed by atoms with Crippen LogP contribution >= 0.6 is 0 Å². The standard InChI is InChI=1S/C13H18N4O2/c1-2-14-13(19)16-10-3-5-11(6-4-10)17-8-7-15-12(18)9-17/h3-6H,2,7-9H2,1H3,(H,15,18)(H2,14,16,19). The van der Waals surface area contributed by atoms with Gasteiger partial charge in [0.05, 0.1) is 6.54 Å². The van der Waals surface area contributed by atoms with Crippen LogP contribution in [0.5, 0.6) is 0 Å². The Morgan fingerprint density at radius 3 is 2.74 bits per heavy atom. The smallest absolute Gasteiger partial charge is 0.319 e. The molecule has 0 atom stereocenters. The molecule has 0 bridgehead atoms. The Balaban J connectivity index is 1.97. The van der Waals surface area contributed by atoms with Crippen molar-refractivity contribution in [2.45, 2.75) is 6.92 Å². The summed E-state index contributed by atoms with van der Waals surface area (Å²) < 4.78 is 0. The van der Waals surface area contributed by atoms with E-state index in [2.05, 4.69) is 16.0 Å². The predicted octanol–water partition coefficient (Wildman–Crippen LogP) is 0.764. The van der Waals surface area contributed by atoms with Crippen molar-refractivity contribution in [2.24, 2.45) is 0 Å². The van der Waals surface area contributed by atoms with E-state index in [4.69, 9.17) is 0 Å². The van der Waals surface area contributed by atoms with E-state index in [-0.39, 0.29) is 11.9 Å². The van der Waals surface area contributed by atoms with E-state index in [0.717, 1.165) is 17.9 Å². The Labute approximate surface area is 112 Å². The molecule has 0 saturated carbocycles. The molecule has 1 aliphatic rings. The van der Waals surface area contributed by atoms with Gasteiger partial charge in [-0.1, -0.05) is 0 Å². The molecule has 6 nitrogen and oxygen atoms in total. The number of nitrogens with one attached hydrogen (secondary N) is 3. The lowest BCUT2D eigenvalue weighted by molar-refractivity contribution is -0.120. The maximum atomic E-state index is 11.4. The van der Waals surface area contributed by atoms with Gasteiger partial charge in [0, 0.05) is 31.0 Å². The summed E-state index contributed by atoms with van der Waals surface area (Å²) in [5, 5.41) is 8.19. The minimum Gasteiger partial charge on any atom is -0.360 e. The quantitative estimate of drug-likeness (QED) is 0.753. The van der Waals surface area contributed by atoms with Gasteiger partial charge in [-0.05, 0) is 31.2 Å². The normalized spacial score (nSPS) is 14.8. The number of carbonyl (C=O) groups is 2. The molecule has 1 aliphatic heterocycles. The molecule has 1 aromatic rings. The number of anilines is 2. The second-order valence-corrected chi connectivity index (χ2v) is 4.30. The average molecular weight is 262 g/mol. The zero-order chi connectivity index (χ0) is 13.7. The van der Waals surface area contributed by atoms with Gasteiger partial charge < -0.3 is 20.9 Å². The largest absolute Gasteiger partial charge is 0.360 e. The fraction of sp³-hybridized carbons (Fsp3) is 0.385. The number of benzene rings is 1. The zero-order valence-electron chi connectivity index (χ0n) is 10.9. The Bertz CT molecular complexity index is 458. The van der Waals surface area contributed by atoms with Crippen LogP contribution in [0.4, 0.5) is 16.2 Å². The molecule has 3 amide bonds. The lowest BCUT2D eigenvalue weighted by atomic mass is 10.2. The average Bonchev–Trinajstić information content (AvgIpc) is 2.40. The second kappa shape index (κ2) is 6.08. The number of carbonyl (C=O) groups excluding carboxylic acids is 2. The molecule has 0 spiro atoms. The topological polar surface area (TPSA) is 73.5 Å². The number of amides is 3. The van der Waals surface area contributed by atoms with E-state index in [1.165, 1.54) is 0 Å². The molecule has 6 heteroatoms. The molecule has 1 fully saturated rings. The first-order chi connectivity index (χ1) is 9.19. The van der Waals surface area contributed by atoms with Crippen molar-refractivity contribution in [3.63, 3.8) is 0 Å². The first-order valence-electron chi connectivity index (χ1n) is 6.35. The van der Waals surface area contributed by atoms with Crippen LogP contribution in [-0.4, -0.2) is 38.1 Å². The van der Waals surface area contributed by atoms with Crippen molar-refractivity contribution in [2.75, 3.05) is 36.4 Å². The molecule has 2 rings (SSSR count). The minimum atomic E-state index is -0.215. The van der Waals surface area contributed by atoms with Crippen LogP contribution in [0.1, 0.15) is 6.92 Å². The number of piperazine rings is 1. The fourth-order valence-corrected chi connectivity index (χ4v) is 1.95. The third kappa shape index (κ3) is 3.61. The first-order valence-corrected chi connectivity index (χ1v) is 6.35. The monoisotopic (exact) mass is 262 g/mol. The summed E-state index contributed by atoms with van der Waals surface area (Å²) in [5.41, 5.74) is 1.72. The Kier molecular flexibility index (Phi) is 4.22. The van der Waals surface area contributed by atoms with Crippen LogP contribution in [-0.2, 0) is 4.79 Å². The first kappa shape index (κ1) is 13.2. The van der Waals surface area contributed by atoms with Gasteiger partial charge in [0.2, 0.25) is 5.91 Å². The summed E-state index contributed by atoms with van der Waals surface area (Å²) in [4.78, 5) is 24.7. The lowest BCUT2D eigenvalue weighted by Crippen LogP contribution is -2.47. The highest BCUT2D eigenvalue weighted by atomic mass is 16.2. The number of hydrogen-bond donors (Lipinski definition) is 3. The molecular weight excluding hydrogens is 244 g/mol. The van der Waals surface area contributed by atoms with E-state index < -0.39 is 0 Å². The van der Waals surface area contributed by atoms with E-state index in [1.54, 1.807) is 0 Å². The van der Waals surface area contributed by atoms with Gasteiger partial charge in [0.15, 0.2) is 0 Å². The van der Waals surface area contributed by atoms with Crippen molar-refractivity contribution in [1.29, 1.82) is 0 Å². The summed E-state index contributed by atoms with van der Waals surface area (Å²) in [5.74, 6) is 0.0378. The van der Waals surface area contributed by atoms with Crippen LogP contribution in [0, 0.1) is 0 Å². The third-order valence-corrected chi connectivity index (χ3v) is 2.87. The molecule has 3 N–H and O–H groups in total. The number of rotatable bonds is 3. The SMILES string of the molecule is CCNC(=O)Nc1ccc(N2CCNC(=O)C2)cc1. The van der Waals surface area contributed by atoms with Crippen molar-refractivity contribution in [3.05, 3.63) is 24.3 Å². The van der Waals surface area contributed by atoms with Crippen molar-refractivity contribution >= 4 is 23.3 Å². The minimum absolute atomic E-state index is 0.0378. The summed E-state index contributed by atoms with van der Waals surface area (Å²) in [6.45, 7) is 4.30. The second-order valence-electron chi connectivity index (χ2n) is 4.30. The highest BCUT2D eigenvalue weighted by molar-refractivity contribution is 5.89. The van der Waals surface area contributed by atoms with Crippen LogP contribution in [0.3, 0.4) is 0 Å². The van der Waals surface area contributed by atoms with Crippen molar-refractivity contribution in [1.82, 2.24) is 10.6 Å². The van der Waals surface area contributed by atoms with Gasteiger partial charge in [0.25, 0.3) is 0 Å². The maximum absolute atomic E-state index is 11.4. The fourth-order valence-electron chi connectivity index (χ4n) is 1.95. The molecule has 1 heterocycles. The summed E-state index contributed by atoms with van der Waals surface area (Å²) in [6.07, 6.45) is 0. The van der Waals surface area contributed by atoms with Gasteiger partial charge in [-0.3, -0.25) is 4.79 Å². The molecule has 1 saturated heterocycles. The third-order valence-electron chi connectivity index (χ3n) is 2.87. The molecule has 102 valence electrons. The van der Waals surface area contributed by atoms with Gasteiger partial charge in [-0.25, -0.2) is 4.79 Å². The summed E-state index contributed by atoms with van der Waals surface area (Å²) in [7, 11) is 0. The van der Waals surface area contributed by atoms with Gasteiger partial charge in [-0.15, -0.1) is 0 Å². The zero-order valence-corrected chi connectivity index (χ0v) is 10.9. The number of nitrogens with zero attached hydrogens (tertiary/aromatic N) is 1. The molecule has 1 aromatic carbocycles. The van der Waals surface area contributed by atoms with Crippen molar-refractivity contribution in [3.8, 4) is 0 Å². The van der Waals surface area contributed by atoms with Crippen LogP contribution in [0.25, 0.3) is 0 Å².